The molecule has 21 heavy (non-hydrogen) atoms. The molecule has 0 radical (unpaired) electrons. The second-order valence-corrected chi connectivity index (χ2v) is 5.46. The topological polar surface area (TPSA) is 30.5 Å². The van der Waals surface area contributed by atoms with Crippen molar-refractivity contribution in [2.75, 3.05) is 27.4 Å². The lowest BCUT2D eigenvalue weighted by Crippen LogP contribution is -2.26. The molecule has 0 aliphatic rings. The van der Waals surface area contributed by atoms with Gasteiger partial charge in [-0.05, 0) is 25.5 Å². The Bertz CT molecular complexity index is 381. The van der Waals surface area contributed by atoms with Crippen molar-refractivity contribution >= 4 is 0 Å². The summed E-state index contributed by atoms with van der Waals surface area (Å²) in [5, 5.41) is 3.50. The van der Waals surface area contributed by atoms with Gasteiger partial charge in [0, 0.05) is 18.7 Å². The molecule has 2 atom stereocenters. The standard InChI is InChI=1S/C18H31NO2/c1-5-7-10-15(6-2)18(19-3)16-11-8-9-12-17(16)21-14-13-20-4/h8-9,11-12,15,18-19H,5-7,10,13-14H2,1-4H3. The van der Waals surface area contributed by atoms with E-state index in [-0.39, 0.29) is 0 Å². The predicted octanol–water partition coefficient (Wildman–Crippen LogP) is 4.19. The summed E-state index contributed by atoms with van der Waals surface area (Å²) in [6.45, 7) is 5.74. The molecule has 3 nitrogen and oxygen atoms in total. The highest BCUT2D eigenvalue weighted by Gasteiger charge is 2.22. The van der Waals surface area contributed by atoms with Gasteiger partial charge in [-0.1, -0.05) is 51.3 Å². The van der Waals surface area contributed by atoms with Crippen LogP contribution in [0.2, 0.25) is 0 Å². The summed E-state index contributed by atoms with van der Waals surface area (Å²) in [6, 6.07) is 8.71. The molecule has 1 N–H and O–H groups in total. The van der Waals surface area contributed by atoms with E-state index in [0.717, 1.165) is 5.75 Å². The molecule has 0 aliphatic carbocycles. The van der Waals surface area contributed by atoms with Crippen molar-refractivity contribution in [1.29, 1.82) is 0 Å². The quantitative estimate of drug-likeness (QED) is 0.621. The van der Waals surface area contributed by atoms with Crippen molar-refractivity contribution in [2.45, 2.75) is 45.6 Å². The van der Waals surface area contributed by atoms with E-state index in [1.165, 1.54) is 31.2 Å². The molecule has 1 rings (SSSR count). The van der Waals surface area contributed by atoms with E-state index in [2.05, 4.69) is 37.4 Å². The minimum Gasteiger partial charge on any atom is -0.491 e. The maximum absolute atomic E-state index is 5.89. The number of ether oxygens (including phenoxy) is 2. The summed E-state index contributed by atoms with van der Waals surface area (Å²) >= 11 is 0. The van der Waals surface area contributed by atoms with Gasteiger partial charge in [0.05, 0.1) is 6.61 Å². The highest BCUT2D eigenvalue weighted by Crippen LogP contribution is 2.34. The van der Waals surface area contributed by atoms with Gasteiger partial charge in [0.1, 0.15) is 12.4 Å². The van der Waals surface area contributed by atoms with Crippen LogP contribution in [0.1, 0.15) is 51.1 Å². The van der Waals surface area contributed by atoms with Gasteiger partial charge in [0.25, 0.3) is 0 Å². The van der Waals surface area contributed by atoms with Crippen molar-refractivity contribution in [3.05, 3.63) is 29.8 Å². The zero-order valence-electron chi connectivity index (χ0n) is 14.0. The van der Waals surface area contributed by atoms with Crippen molar-refractivity contribution < 1.29 is 9.47 Å². The highest BCUT2D eigenvalue weighted by molar-refractivity contribution is 5.36. The number of hydrogen-bond donors (Lipinski definition) is 1. The van der Waals surface area contributed by atoms with Crippen LogP contribution < -0.4 is 10.1 Å². The number of hydrogen-bond acceptors (Lipinski definition) is 3. The fourth-order valence-corrected chi connectivity index (χ4v) is 2.82. The number of rotatable bonds is 11. The lowest BCUT2D eigenvalue weighted by Gasteiger charge is -2.28. The SMILES string of the molecule is CCCCC(CC)C(NC)c1ccccc1OCCOC. The molecule has 0 amide bonds. The highest BCUT2D eigenvalue weighted by atomic mass is 16.5. The molecular weight excluding hydrogens is 262 g/mol. The Morgan fingerprint density at radius 3 is 2.52 bits per heavy atom. The molecule has 0 fully saturated rings. The summed E-state index contributed by atoms with van der Waals surface area (Å²) in [5.41, 5.74) is 1.26. The minimum atomic E-state index is 0.347. The van der Waals surface area contributed by atoms with E-state index < -0.39 is 0 Å². The van der Waals surface area contributed by atoms with Crippen molar-refractivity contribution in [3.63, 3.8) is 0 Å². The zero-order valence-corrected chi connectivity index (χ0v) is 14.0. The third kappa shape index (κ3) is 5.68. The normalized spacial score (nSPS) is 13.9. The van der Waals surface area contributed by atoms with Crippen LogP contribution in [0.4, 0.5) is 0 Å². The van der Waals surface area contributed by atoms with E-state index >= 15 is 0 Å². The van der Waals surface area contributed by atoms with Crippen molar-refractivity contribution in [3.8, 4) is 5.75 Å². The molecule has 1 aromatic carbocycles. The second kappa shape index (κ2) is 10.6. The Hall–Kier alpha value is -1.06. The van der Waals surface area contributed by atoms with Crippen LogP contribution >= 0.6 is 0 Å². The average molecular weight is 293 g/mol. The molecule has 120 valence electrons. The first kappa shape index (κ1) is 18.0. The molecule has 1 aromatic rings. The first-order valence-corrected chi connectivity index (χ1v) is 8.16. The Kier molecular flexibility index (Phi) is 9.11. The first-order chi connectivity index (χ1) is 10.3. The molecule has 0 bridgehead atoms. The summed E-state index contributed by atoms with van der Waals surface area (Å²) in [6.07, 6.45) is 4.96. The molecule has 2 unspecified atom stereocenters. The van der Waals surface area contributed by atoms with Gasteiger partial charge in [-0.25, -0.2) is 0 Å². The van der Waals surface area contributed by atoms with Crippen molar-refractivity contribution in [2.24, 2.45) is 5.92 Å². The summed E-state index contributed by atoms with van der Waals surface area (Å²) in [5.74, 6) is 1.62. The Balaban J connectivity index is 2.87. The van der Waals surface area contributed by atoms with E-state index in [9.17, 15) is 0 Å². The summed E-state index contributed by atoms with van der Waals surface area (Å²) in [7, 11) is 3.74. The van der Waals surface area contributed by atoms with Crippen LogP contribution in [0.25, 0.3) is 0 Å². The molecule has 0 saturated heterocycles. The number of nitrogens with one attached hydrogen (secondary N) is 1. The van der Waals surface area contributed by atoms with Crippen LogP contribution in [0, 0.1) is 5.92 Å². The lowest BCUT2D eigenvalue weighted by atomic mass is 9.86. The van der Waals surface area contributed by atoms with Gasteiger partial charge in [0.15, 0.2) is 0 Å². The van der Waals surface area contributed by atoms with Gasteiger partial charge >= 0.3 is 0 Å². The van der Waals surface area contributed by atoms with Gasteiger partial charge in [-0.15, -0.1) is 0 Å². The largest absolute Gasteiger partial charge is 0.491 e. The van der Waals surface area contributed by atoms with Crippen LogP contribution in [-0.2, 0) is 4.74 Å². The van der Waals surface area contributed by atoms with Crippen LogP contribution in [-0.4, -0.2) is 27.4 Å². The molecule has 0 aromatic heterocycles. The summed E-state index contributed by atoms with van der Waals surface area (Å²) < 4.78 is 11.0. The first-order valence-electron chi connectivity index (χ1n) is 8.16. The van der Waals surface area contributed by atoms with E-state index in [4.69, 9.17) is 9.47 Å². The summed E-state index contributed by atoms with van der Waals surface area (Å²) in [4.78, 5) is 0. The average Bonchev–Trinajstić information content (AvgIpc) is 2.52. The molecular formula is C18H31NO2. The van der Waals surface area contributed by atoms with Gasteiger partial charge in [0.2, 0.25) is 0 Å². The molecule has 0 aliphatic heterocycles. The van der Waals surface area contributed by atoms with Gasteiger partial charge in [-0.3, -0.25) is 0 Å². The second-order valence-electron chi connectivity index (χ2n) is 5.46. The lowest BCUT2D eigenvalue weighted by molar-refractivity contribution is 0.145. The number of benzene rings is 1. The zero-order chi connectivity index (χ0) is 15.5. The third-order valence-corrected chi connectivity index (χ3v) is 4.03. The minimum absolute atomic E-state index is 0.347. The third-order valence-electron chi connectivity index (χ3n) is 4.03. The number of para-hydroxylation sites is 1. The van der Waals surface area contributed by atoms with E-state index in [1.807, 2.05) is 13.1 Å². The maximum atomic E-state index is 5.89. The molecule has 3 heteroatoms. The molecule has 0 saturated carbocycles. The van der Waals surface area contributed by atoms with Gasteiger partial charge in [-0.2, -0.15) is 0 Å². The number of methoxy groups -OCH3 is 1. The van der Waals surface area contributed by atoms with Crippen LogP contribution in [0.3, 0.4) is 0 Å². The fraction of sp³-hybridized carbons (Fsp3) is 0.667. The number of unbranched alkanes of at least 4 members (excludes halogenated alkanes) is 1. The monoisotopic (exact) mass is 293 g/mol. The van der Waals surface area contributed by atoms with E-state index in [0.29, 0.717) is 25.2 Å². The molecule has 0 spiro atoms. The predicted molar refractivity (Wildman–Crippen MR) is 88.9 cm³/mol. The van der Waals surface area contributed by atoms with Crippen LogP contribution in [0.15, 0.2) is 24.3 Å². The van der Waals surface area contributed by atoms with Crippen molar-refractivity contribution in [1.82, 2.24) is 5.32 Å². The Labute approximate surface area is 130 Å². The molecule has 0 heterocycles. The fourth-order valence-electron chi connectivity index (χ4n) is 2.82. The van der Waals surface area contributed by atoms with Gasteiger partial charge < -0.3 is 14.8 Å². The smallest absolute Gasteiger partial charge is 0.124 e. The Morgan fingerprint density at radius 1 is 1.14 bits per heavy atom. The van der Waals surface area contributed by atoms with Crippen LogP contribution in [0.5, 0.6) is 5.75 Å². The van der Waals surface area contributed by atoms with E-state index in [1.54, 1.807) is 7.11 Å². The Morgan fingerprint density at radius 2 is 1.90 bits per heavy atom. The maximum Gasteiger partial charge on any atom is 0.124 e.